The Morgan fingerprint density at radius 1 is 1.20 bits per heavy atom. The van der Waals surface area contributed by atoms with Gasteiger partial charge in [-0.3, -0.25) is 14.5 Å². The van der Waals surface area contributed by atoms with Gasteiger partial charge in [-0.25, -0.2) is 0 Å². The smallest absolute Gasteiger partial charge is 0.323 e. The molecule has 3 rings (SSSR count). The maximum Gasteiger partial charge on any atom is 0.323 e. The Kier molecular flexibility index (Phi) is 5.38. The van der Waals surface area contributed by atoms with Crippen molar-refractivity contribution in [2.45, 2.75) is 26.3 Å². The van der Waals surface area contributed by atoms with Gasteiger partial charge < -0.3 is 14.6 Å². The van der Waals surface area contributed by atoms with Gasteiger partial charge in [-0.05, 0) is 25.5 Å². The molecule has 0 bridgehead atoms. The van der Waals surface area contributed by atoms with Crippen LogP contribution in [0.3, 0.4) is 0 Å². The highest BCUT2D eigenvalue weighted by Gasteiger charge is 2.28. The van der Waals surface area contributed by atoms with Crippen LogP contribution in [-0.2, 0) is 20.7 Å². The summed E-state index contributed by atoms with van der Waals surface area (Å²) >= 11 is 0. The van der Waals surface area contributed by atoms with E-state index in [1.54, 1.807) is 0 Å². The lowest BCUT2D eigenvalue weighted by molar-refractivity contribution is -0.149. The van der Waals surface area contributed by atoms with Crippen molar-refractivity contribution in [2.75, 3.05) is 32.8 Å². The van der Waals surface area contributed by atoms with Gasteiger partial charge in [-0.15, -0.1) is 0 Å². The van der Waals surface area contributed by atoms with E-state index in [0.717, 1.165) is 16.5 Å². The van der Waals surface area contributed by atoms with Crippen LogP contribution in [-0.4, -0.2) is 65.5 Å². The number of hydrogen-bond acceptors (Lipinski definition) is 4. The number of carbonyl (C=O) groups is 2. The molecule has 1 atom stereocenters. The zero-order valence-corrected chi connectivity index (χ0v) is 14.8. The van der Waals surface area contributed by atoms with Crippen LogP contribution in [0.2, 0.25) is 0 Å². The van der Waals surface area contributed by atoms with Gasteiger partial charge in [0.1, 0.15) is 6.04 Å². The van der Waals surface area contributed by atoms with Crippen molar-refractivity contribution in [2.24, 2.45) is 0 Å². The molecule has 2 aromatic rings. The zero-order valence-electron chi connectivity index (χ0n) is 14.8. The summed E-state index contributed by atoms with van der Waals surface area (Å²) in [5.74, 6) is -0.0609. The van der Waals surface area contributed by atoms with E-state index >= 15 is 0 Å². The molecular formula is C19H25N3O3. The summed E-state index contributed by atoms with van der Waals surface area (Å²) in [6.45, 7) is 6.74. The minimum Gasteiger partial charge on any atom is -0.465 e. The average Bonchev–Trinajstić information content (AvgIpc) is 3.04. The minimum absolute atomic E-state index is 0.133. The second-order valence-electron chi connectivity index (χ2n) is 6.38. The molecule has 0 spiro atoms. The number of nitrogens with one attached hydrogen (secondary N) is 1. The van der Waals surface area contributed by atoms with Crippen LogP contribution >= 0.6 is 0 Å². The second-order valence-corrected chi connectivity index (χ2v) is 6.38. The standard InChI is InChI=1S/C19H25N3O3/c1-3-25-19(24)14(2)21-8-10-22(11-9-21)18(23)12-15-13-20-17-7-5-4-6-16(15)17/h4-7,13-14,20H,3,8-12H2,1-2H3. The summed E-state index contributed by atoms with van der Waals surface area (Å²) in [5.41, 5.74) is 2.08. The van der Waals surface area contributed by atoms with E-state index in [4.69, 9.17) is 4.74 Å². The number of rotatable bonds is 5. The Balaban J connectivity index is 1.56. The molecule has 1 fully saturated rings. The maximum absolute atomic E-state index is 12.6. The van der Waals surface area contributed by atoms with Crippen molar-refractivity contribution in [3.8, 4) is 0 Å². The molecule has 1 aliphatic heterocycles. The summed E-state index contributed by atoms with van der Waals surface area (Å²) < 4.78 is 5.08. The molecule has 2 heterocycles. The number of benzene rings is 1. The van der Waals surface area contributed by atoms with Crippen molar-refractivity contribution in [1.82, 2.24) is 14.8 Å². The molecule has 1 aromatic carbocycles. The SMILES string of the molecule is CCOC(=O)C(C)N1CCN(C(=O)Cc2c[nH]c3ccccc23)CC1. The fourth-order valence-corrected chi connectivity index (χ4v) is 3.32. The van der Waals surface area contributed by atoms with Crippen LogP contribution in [0, 0.1) is 0 Å². The molecular weight excluding hydrogens is 318 g/mol. The summed E-state index contributed by atoms with van der Waals surface area (Å²) in [4.78, 5) is 31.6. The number of nitrogens with zero attached hydrogens (tertiary/aromatic N) is 2. The normalized spacial score (nSPS) is 16.8. The van der Waals surface area contributed by atoms with Gasteiger partial charge in [0.25, 0.3) is 0 Å². The highest BCUT2D eigenvalue weighted by molar-refractivity contribution is 5.89. The summed E-state index contributed by atoms with van der Waals surface area (Å²) in [6.07, 6.45) is 2.32. The van der Waals surface area contributed by atoms with E-state index in [-0.39, 0.29) is 17.9 Å². The molecule has 1 saturated heterocycles. The van der Waals surface area contributed by atoms with Gasteiger partial charge in [0.05, 0.1) is 13.0 Å². The average molecular weight is 343 g/mol. The first-order valence-electron chi connectivity index (χ1n) is 8.83. The van der Waals surface area contributed by atoms with Crippen molar-refractivity contribution in [3.05, 3.63) is 36.0 Å². The highest BCUT2D eigenvalue weighted by Crippen LogP contribution is 2.19. The van der Waals surface area contributed by atoms with E-state index in [2.05, 4.69) is 9.88 Å². The number of carbonyl (C=O) groups excluding carboxylic acids is 2. The minimum atomic E-state index is -0.259. The predicted octanol–water partition coefficient (Wildman–Crippen LogP) is 1.81. The van der Waals surface area contributed by atoms with E-state index in [9.17, 15) is 9.59 Å². The molecule has 25 heavy (non-hydrogen) atoms. The molecule has 1 amide bonds. The fourth-order valence-electron chi connectivity index (χ4n) is 3.32. The lowest BCUT2D eigenvalue weighted by Gasteiger charge is -2.37. The van der Waals surface area contributed by atoms with Gasteiger partial charge in [0, 0.05) is 43.3 Å². The summed E-state index contributed by atoms with van der Waals surface area (Å²) in [7, 11) is 0. The molecule has 1 unspecified atom stereocenters. The van der Waals surface area contributed by atoms with Crippen molar-refractivity contribution in [3.63, 3.8) is 0 Å². The van der Waals surface area contributed by atoms with Gasteiger partial charge in [0.15, 0.2) is 0 Å². The number of aromatic amines is 1. The highest BCUT2D eigenvalue weighted by atomic mass is 16.5. The number of amides is 1. The van der Waals surface area contributed by atoms with Gasteiger partial charge in [-0.1, -0.05) is 18.2 Å². The van der Waals surface area contributed by atoms with Crippen LogP contribution in [0.15, 0.2) is 30.5 Å². The number of esters is 1. The van der Waals surface area contributed by atoms with Gasteiger partial charge >= 0.3 is 5.97 Å². The van der Waals surface area contributed by atoms with Crippen LogP contribution in [0.25, 0.3) is 10.9 Å². The molecule has 0 saturated carbocycles. The first-order valence-corrected chi connectivity index (χ1v) is 8.83. The third kappa shape index (κ3) is 3.85. The molecule has 1 N–H and O–H groups in total. The Labute approximate surface area is 147 Å². The Morgan fingerprint density at radius 3 is 2.64 bits per heavy atom. The largest absolute Gasteiger partial charge is 0.465 e. The number of aromatic nitrogens is 1. The van der Waals surface area contributed by atoms with Crippen LogP contribution in [0.4, 0.5) is 0 Å². The third-order valence-corrected chi connectivity index (χ3v) is 4.86. The lowest BCUT2D eigenvalue weighted by Crippen LogP contribution is -2.53. The van der Waals surface area contributed by atoms with Crippen molar-refractivity contribution in [1.29, 1.82) is 0 Å². The second kappa shape index (κ2) is 7.70. The summed E-state index contributed by atoms with van der Waals surface area (Å²) in [5, 5.41) is 1.10. The number of H-pyrrole nitrogens is 1. The predicted molar refractivity (Wildman–Crippen MR) is 96.3 cm³/mol. The van der Waals surface area contributed by atoms with Gasteiger partial charge in [0.2, 0.25) is 5.91 Å². The monoisotopic (exact) mass is 343 g/mol. The molecule has 0 radical (unpaired) electrons. The summed E-state index contributed by atoms with van der Waals surface area (Å²) in [6, 6.07) is 7.76. The Hall–Kier alpha value is -2.34. The van der Waals surface area contributed by atoms with Crippen LogP contribution in [0.5, 0.6) is 0 Å². The van der Waals surface area contributed by atoms with Crippen LogP contribution in [0.1, 0.15) is 19.4 Å². The number of piperazine rings is 1. The van der Waals surface area contributed by atoms with Crippen molar-refractivity contribution < 1.29 is 14.3 Å². The lowest BCUT2D eigenvalue weighted by atomic mass is 10.1. The Bertz CT molecular complexity index is 747. The topological polar surface area (TPSA) is 65.6 Å². The number of hydrogen-bond donors (Lipinski definition) is 1. The van der Waals surface area contributed by atoms with Crippen molar-refractivity contribution >= 4 is 22.8 Å². The quantitative estimate of drug-likeness (QED) is 0.841. The molecule has 1 aliphatic rings. The number of para-hydroxylation sites is 1. The first-order chi connectivity index (χ1) is 12.1. The molecule has 134 valence electrons. The zero-order chi connectivity index (χ0) is 17.8. The molecule has 0 aliphatic carbocycles. The van der Waals surface area contributed by atoms with E-state index in [0.29, 0.717) is 39.2 Å². The fraction of sp³-hybridized carbons (Fsp3) is 0.474. The van der Waals surface area contributed by atoms with E-state index < -0.39 is 0 Å². The number of fused-ring (bicyclic) bond motifs is 1. The maximum atomic E-state index is 12.6. The van der Waals surface area contributed by atoms with Gasteiger partial charge in [-0.2, -0.15) is 0 Å². The molecule has 1 aromatic heterocycles. The Morgan fingerprint density at radius 2 is 1.92 bits per heavy atom. The van der Waals surface area contributed by atoms with Crippen LogP contribution < -0.4 is 0 Å². The van der Waals surface area contributed by atoms with E-state index in [1.807, 2.05) is 49.2 Å². The molecule has 6 heteroatoms. The molecule has 6 nitrogen and oxygen atoms in total. The third-order valence-electron chi connectivity index (χ3n) is 4.86. The number of ether oxygens (including phenoxy) is 1. The van der Waals surface area contributed by atoms with E-state index in [1.165, 1.54) is 0 Å². The first kappa shape index (κ1) is 17.5.